The van der Waals surface area contributed by atoms with Crippen LogP contribution in [0.1, 0.15) is 143 Å². The van der Waals surface area contributed by atoms with Gasteiger partial charge < -0.3 is 71.0 Å². The molecule has 0 radical (unpaired) electrons. The molecule has 0 aromatic heterocycles. The van der Waals surface area contributed by atoms with Crippen molar-refractivity contribution >= 4 is 71.2 Å². The van der Waals surface area contributed by atoms with Crippen LogP contribution in [-0.2, 0) is 86.0 Å². The van der Waals surface area contributed by atoms with Gasteiger partial charge in [0.25, 0.3) is 0 Å². The fraction of sp³-hybridized carbons (Fsp3) is 0.793. The number of likely N-dealkylation sites (N-methyl/N-ethyl adjacent to an activating group) is 1. The topological polar surface area (TPSA) is 366 Å². The van der Waals surface area contributed by atoms with Gasteiger partial charge in [0, 0.05) is 45.7 Å². The normalized spacial score (nSPS) is 13.1. The Morgan fingerprint density at radius 1 is 0.402 bits per heavy atom. The predicted octanol–water partition coefficient (Wildman–Crippen LogP) is -0.644. The quantitative estimate of drug-likeness (QED) is 0.0215. The minimum absolute atomic E-state index is 0.0580. The molecule has 0 rings (SSSR count). The van der Waals surface area contributed by atoms with E-state index in [4.69, 9.17) is 28.4 Å². The lowest BCUT2D eigenvalue weighted by Gasteiger charge is -2.35. The number of carbonyl (C=O) groups is 12. The third-order valence-corrected chi connectivity index (χ3v) is 11.2. The lowest BCUT2D eigenvalue weighted by atomic mass is 10.1. The van der Waals surface area contributed by atoms with Gasteiger partial charge in [0.2, 0.25) is 41.4 Å². The fourth-order valence-corrected chi connectivity index (χ4v) is 7.59. The van der Waals surface area contributed by atoms with Crippen LogP contribution >= 0.6 is 0 Å². The zero-order chi connectivity index (χ0) is 66.9. The highest BCUT2D eigenvalue weighted by molar-refractivity contribution is 5.94. The van der Waals surface area contributed by atoms with Crippen LogP contribution < -0.4 is 42.5 Å². The molecule has 7 amide bonds. The molecule has 0 spiro atoms. The van der Waals surface area contributed by atoms with Crippen molar-refractivity contribution < 1.29 is 86.0 Å². The average Bonchev–Trinajstić information content (AvgIpc) is 3.57. The monoisotopic (exact) mass is 1240 g/mol. The molecule has 0 heterocycles. The minimum Gasteiger partial charge on any atom is -0.459 e. The van der Waals surface area contributed by atoms with Crippen molar-refractivity contribution in [2.75, 3.05) is 112 Å². The third-order valence-electron chi connectivity index (χ3n) is 11.2. The van der Waals surface area contributed by atoms with Gasteiger partial charge in [0.15, 0.2) is 0 Å². The summed E-state index contributed by atoms with van der Waals surface area (Å²) in [7, 11) is 1.78. The highest BCUT2D eigenvalue weighted by atomic mass is 16.6. The molecule has 0 aromatic rings. The molecule has 0 aliphatic carbocycles. The van der Waals surface area contributed by atoms with Crippen molar-refractivity contribution in [1.29, 1.82) is 0 Å². The first-order valence-corrected chi connectivity index (χ1v) is 29.5. The van der Waals surface area contributed by atoms with Gasteiger partial charge in [-0.05, 0) is 130 Å². The summed E-state index contributed by atoms with van der Waals surface area (Å²) in [6.45, 7) is 26.3. The number of carbonyl (C=O) groups excluding carboxylic acids is 12. The molecule has 0 fully saturated rings. The van der Waals surface area contributed by atoms with Gasteiger partial charge in [-0.25, -0.2) is 0 Å². The summed E-state index contributed by atoms with van der Waals surface area (Å²) in [6.07, 6.45) is -0.322. The Labute approximate surface area is 514 Å². The van der Waals surface area contributed by atoms with Gasteiger partial charge in [0.1, 0.15) is 46.1 Å². The standard InChI is InChI=1S/C58H105N11O18/c1-19-39(51(79)63-32-43(71)60-24-30-82-29-23-59-18)66-46(74)34-64-52(80)40(20-2)65-45(73)33-62-44(72)31-61-42(70)22-21-41(53(81)87-58(15,16)17)69(27-25-67(35-47(75)83-54(3,4)5)36-48(76)84-55(6,7)8)28-26-68(37-49(77)85-56(9,10)11)38-50(78)86-57(12,13)14/h39-41,59H,19-38H2,1-18H3,(H,60,71)(H,61,70)(H,62,72)(H,63,79)(H,64,80)(H,65,73)(H,66,74)/t39-,40-,41-/m0/s1. The first kappa shape index (κ1) is 80.4. The van der Waals surface area contributed by atoms with E-state index in [1.54, 1.807) is 130 Å². The molecule has 0 aromatic carbocycles. The largest absolute Gasteiger partial charge is 0.459 e. The molecular weight excluding hydrogens is 1140 g/mol. The number of hydrogen-bond donors (Lipinski definition) is 8. The second-order valence-electron chi connectivity index (χ2n) is 25.5. The van der Waals surface area contributed by atoms with Gasteiger partial charge in [-0.15, -0.1) is 0 Å². The maximum Gasteiger partial charge on any atom is 0.323 e. The Balaban J connectivity index is 6.28. The van der Waals surface area contributed by atoms with Crippen LogP contribution in [0.15, 0.2) is 0 Å². The lowest BCUT2D eigenvalue weighted by Crippen LogP contribution is -2.53. The number of amides is 7. The van der Waals surface area contributed by atoms with Gasteiger partial charge in [0.05, 0.1) is 65.6 Å². The SMILES string of the molecule is CC[C@H](NC(=O)CNC(=O)CNC(=O)CC[C@@H](C(=O)OC(C)(C)C)N(CCN(CC(=O)OC(C)(C)C)CC(=O)OC(C)(C)C)CCN(CC(=O)OC(C)(C)C)CC(=O)OC(C)(C)C)C(=O)NCC(=O)N[C@@H](CC)C(=O)NCC(=O)NCCOCCNC. The van der Waals surface area contributed by atoms with Crippen LogP contribution in [0.25, 0.3) is 0 Å². The number of hydrogen-bond acceptors (Lipinski definition) is 22. The lowest BCUT2D eigenvalue weighted by molar-refractivity contribution is -0.165. The van der Waals surface area contributed by atoms with E-state index in [9.17, 15) is 57.5 Å². The molecule has 29 heteroatoms. The molecular formula is C58H105N11O18. The summed E-state index contributed by atoms with van der Waals surface area (Å²) < 4.78 is 33.5. The number of esters is 5. The Bertz CT molecular complexity index is 2120. The molecule has 0 bridgehead atoms. The molecule has 0 aliphatic heterocycles. The maximum atomic E-state index is 14.3. The zero-order valence-electron chi connectivity index (χ0n) is 55.1. The van der Waals surface area contributed by atoms with Crippen LogP contribution in [-0.4, -0.2) is 244 Å². The van der Waals surface area contributed by atoms with Crippen LogP contribution in [0.3, 0.4) is 0 Å². The molecule has 0 unspecified atom stereocenters. The summed E-state index contributed by atoms with van der Waals surface area (Å²) in [5.41, 5.74) is -4.52. The van der Waals surface area contributed by atoms with E-state index in [1.165, 1.54) is 9.80 Å². The van der Waals surface area contributed by atoms with Gasteiger partial charge in [-0.1, -0.05) is 13.8 Å². The molecule has 29 nitrogen and oxygen atoms in total. The summed E-state index contributed by atoms with van der Waals surface area (Å²) in [6, 6.07) is -3.37. The molecule has 3 atom stereocenters. The van der Waals surface area contributed by atoms with Crippen molar-refractivity contribution in [2.45, 2.75) is 190 Å². The van der Waals surface area contributed by atoms with E-state index in [1.807, 2.05) is 0 Å². The maximum absolute atomic E-state index is 14.3. The van der Waals surface area contributed by atoms with E-state index in [0.29, 0.717) is 13.2 Å². The van der Waals surface area contributed by atoms with Gasteiger partial charge >= 0.3 is 29.8 Å². The van der Waals surface area contributed by atoms with Crippen molar-refractivity contribution in [2.24, 2.45) is 0 Å². The fourth-order valence-electron chi connectivity index (χ4n) is 7.59. The van der Waals surface area contributed by atoms with Crippen molar-refractivity contribution in [1.82, 2.24) is 57.2 Å². The number of ether oxygens (including phenoxy) is 6. The summed E-state index contributed by atoms with van der Waals surface area (Å²) in [4.78, 5) is 162. The predicted molar refractivity (Wildman–Crippen MR) is 321 cm³/mol. The van der Waals surface area contributed by atoms with Crippen molar-refractivity contribution in [3.05, 3.63) is 0 Å². The Morgan fingerprint density at radius 2 is 0.736 bits per heavy atom. The van der Waals surface area contributed by atoms with E-state index in [-0.39, 0.29) is 97.7 Å². The van der Waals surface area contributed by atoms with E-state index in [2.05, 4.69) is 42.5 Å². The molecule has 8 N–H and O–H groups in total. The Hall–Kier alpha value is -6.56. The van der Waals surface area contributed by atoms with Crippen LogP contribution in [0.5, 0.6) is 0 Å². The highest BCUT2D eigenvalue weighted by Gasteiger charge is 2.34. The van der Waals surface area contributed by atoms with Gasteiger partial charge in [-0.2, -0.15) is 0 Å². The van der Waals surface area contributed by atoms with E-state index < -0.39 is 137 Å². The van der Waals surface area contributed by atoms with Crippen molar-refractivity contribution in [3.8, 4) is 0 Å². The number of nitrogens with one attached hydrogen (secondary N) is 8. The highest BCUT2D eigenvalue weighted by Crippen LogP contribution is 2.18. The second kappa shape index (κ2) is 39.4. The number of rotatable bonds is 39. The zero-order valence-corrected chi connectivity index (χ0v) is 55.1. The summed E-state index contributed by atoms with van der Waals surface area (Å²) in [5, 5.41) is 20.2. The summed E-state index contributed by atoms with van der Waals surface area (Å²) in [5.74, 6) is -8.14. The molecule has 0 aliphatic rings. The van der Waals surface area contributed by atoms with Crippen LogP contribution in [0, 0.1) is 0 Å². The van der Waals surface area contributed by atoms with Gasteiger partial charge in [-0.3, -0.25) is 72.2 Å². The number of nitrogens with zero attached hydrogens (tertiary/aromatic N) is 3. The third kappa shape index (κ3) is 42.9. The summed E-state index contributed by atoms with van der Waals surface area (Å²) >= 11 is 0. The molecule has 0 saturated heterocycles. The smallest absolute Gasteiger partial charge is 0.323 e. The molecule has 87 heavy (non-hydrogen) atoms. The van der Waals surface area contributed by atoms with E-state index >= 15 is 0 Å². The van der Waals surface area contributed by atoms with Crippen LogP contribution in [0.2, 0.25) is 0 Å². The van der Waals surface area contributed by atoms with Crippen molar-refractivity contribution in [3.63, 3.8) is 0 Å². The van der Waals surface area contributed by atoms with E-state index in [0.717, 1.165) is 0 Å². The molecule has 500 valence electrons. The first-order valence-electron chi connectivity index (χ1n) is 29.5. The minimum atomic E-state index is -1.23. The second-order valence-corrected chi connectivity index (χ2v) is 25.5. The Morgan fingerprint density at radius 3 is 1.10 bits per heavy atom. The Kier molecular flexibility index (Phi) is 36.4. The molecule has 0 saturated carbocycles. The van der Waals surface area contributed by atoms with Crippen LogP contribution in [0.4, 0.5) is 0 Å². The first-order chi connectivity index (χ1) is 40.0. The average molecular weight is 1240 g/mol.